The summed E-state index contributed by atoms with van der Waals surface area (Å²) < 4.78 is 56.0. The summed E-state index contributed by atoms with van der Waals surface area (Å²) in [7, 11) is 0. The van der Waals surface area contributed by atoms with Crippen LogP contribution in [0, 0.1) is 24.8 Å². The molecule has 0 unspecified atom stereocenters. The van der Waals surface area contributed by atoms with Gasteiger partial charge in [0.15, 0.2) is 0 Å². The van der Waals surface area contributed by atoms with Crippen LogP contribution >= 0.6 is 11.3 Å². The molecule has 0 atom stereocenters. The van der Waals surface area contributed by atoms with Crippen molar-refractivity contribution in [1.29, 1.82) is 0 Å². The van der Waals surface area contributed by atoms with Crippen LogP contribution in [0.4, 0.5) is 4.39 Å². The van der Waals surface area contributed by atoms with Crippen molar-refractivity contribution in [3.8, 4) is 22.5 Å². The van der Waals surface area contributed by atoms with Gasteiger partial charge in [0, 0.05) is 27.7 Å². The summed E-state index contributed by atoms with van der Waals surface area (Å²) >= 11 is -0.711. The van der Waals surface area contributed by atoms with Crippen molar-refractivity contribution in [1.82, 2.24) is 9.97 Å². The van der Waals surface area contributed by atoms with E-state index in [9.17, 15) is 4.39 Å². The average molecular weight is 845 g/mol. The fourth-order valence-electron chi connectivity index (χ4n) is 5.00. The molecule has 6 aromatic rings. The van der Waals surface area contributed by atoms with Crippen molar-refractivity contribution in [3.63, 3.8) is 0 Å². The molecule has 3 aromatic heterocycles. The first-order valence-corrected chi connectivity index (χ1v) is 22.4. The molecule has 0 saturated heterocycles. The molecule has 0 bridgehead atoms. The minimum atomic E-state index is -2.14. The van der Waals surface area contributed by atoms with Crippen LogP contribution in [0.15, 0.2) is 79.1 Å². The number of nitrogens with zero attached hydrogens (tertiary/aromatic N) is 2. The molecule has 0 amide bonds. The smallest absolute Gasteiger partial charge is 0 e. The van der Waals surface area contributed by atoms with Gasteiger partial charge < -0.3 is 4.98 Å². The number of rotatable bonds is 5. The fourth-order valence-corrected chi connectivity index (χ4v) is 9.53. The first kappa shape index (κ1) is 27.6. The van der Waals surface area contributed by atoms with Gasteiger partial charge >= 0.3 is 131 Å². The summed E-state index contributed by atoms with van der Waals surface area (Å²) in [6.45, 7) is 5.37. The Bertz CT molecular complexity index is 2090. The number of fused-ring (bicyclic) bond motifs is 3. The van der Waals surface area contributed by atoms with Gasteiger partial charge in [-0.15, -0.1) is 23.8 Å². The van der Waals surface area contributed by atoms with Gasteiger partial charge in [0.25, 0.3) is 0 Å². The average Bonchev–Trinajstić information content (AvgIpc) is 3.40. The number of aryl methyl sites for hydroxylation is 1. The molecule has 3 aromatic carbocycles. The minimum Gasteiger partial charge on any atom is 0 e. The van der Waals surface area contributed by atoms with E-state index in [0.717, 1.165) is 49.1 Å². The third-order valence-electron chi connectivity index (χ3n) is 7.34. The van der Waals surface area contributed by atoms with E-state index in [1.165, 1.54) is 27.9 Å². The van der Waals surface area contributed by atoms with Gasteiger partial charge in [-0.25, -0.2) is 4.39 Å². The summed E-state index contributed by atoms with van der Waals surface area (Å²) in [6.07, 6.45) is 3.63. The van der Waals surface area contributed by atoms with Crippen LogP contribution in [0.3, 0.4) is 0 Å². The molecule has 0 fully saturated rings. The van der Waals surface area contributed by atoms with Crippen LogP contribution in [0.25, 0.3) is 42.7 Å². The van der Waals surface area contributed by atoms with Gasteiger partial charge in [-0.3, -0.25) is 0 Å². The molecule has 0 aliphatic heterocycles. The quantitative estimate of drug-likeness (QED) is 0.128. The van der Waals surface area contributed by atoms with Gasteiger partial charge in [0.1, 0.15) is 5.82 Å². The van der Waals surface area contributed by atoms with Crippen molar-refractivity contribution in [3.05, 3.63) is 114 Å². The first-order valence-electron chi connectivity index (χ1n) is 16.8. The maximum Gasteiger partial charge on any atom is 0 e. The van der Waals surface area contributed by atoms with E-state index < -0.39 is 31.9 Å². The second-order valence-corrected chi connectivity index (χ2v) is 23.7. The molecule has 0 aliphatic carbocycles. The van der Waals surface area contributed by atoms with Crippen LogP contribution < -0.4 is 4.40 Å². The summed E-state index contributed by atoms with van der Waals surface area (Å²) in [5, 5.41) is 1.93. The number of halogens is 1. The number of aromatic nitrogens is 2. The number of hydrogen-bond acceptors (Lipinski definition) is 3. The van der Waals surface area contributed by atoms with Crippen LogP contribution in [0.5, 0.6) is 0 Å². The van der Waals surface area contributed by atoms with Crippen molar-refractivity contribution in [2.45, 2.75) is 63.6 Å². The van der Waals surface area contributed by atoms with Crippen LogP contribution in [0.1, 0.15) is 63.0 Å². The Morgan fingerprint density at radius 1 is 0.886 bits per heavy atom. The third kappa shape index (κ3) is 7.39. The van der Waals surface area contributed by atoms with Crippen molar-refractivity contribution in [2.75, 3.05) is 0 Å². The molecule has 1 radical (unpaired) electrons. The zero-order valence-electron chi connectivity index (χ0n) is 31.0. The molecule has 6 rings (SSSR count). The van der Waals surface area contributed by atoms with Crippen LogP contribution in [-0.4, -0.2) is 23.2 Å². The van der Waals surface area contributed by atoms with E-state index >= 15 is 0 Å². The maximum absolute atomic E-state index is 14.1. The molecule has 0 N–H and O–H groups in total. The summed E-state index contributed by atoms with van der Waals surface area (Å²) in [5.74, 6) is 5.28. The molecule has 229 valence electrons. The molecule has 6 heteroatoms. The van der Waals surface area contributed by atoms with E-state index in [4.69, 9.17) is 6.85 Å². The first-order chi connectivity index (χ1) is 22.2. The molecule has 0 spiro atoms. The molecule has 44 heavy (non-hydrogen) atoms. The second-order valence-electron chi connectivity index (χ2n) is 12.1. The standard InChI is InChI=1S/C20H15FNS.C18H24GeN.Ir/c1-12(2)13-9-10-22-18(11-13)16-7-3-5-14-15-6-4-8-17(21)20(15)23-19(14)16;1-13(2)16-11-18(15-9-7-14(3)8-10-15)20-12-17(16)19(4,5)6;/h3-6,8-12H,1-2H3;7-9,11-13H,1-6H3;/q2*-1;/i12D;3D3,13D;. The zero-order valence-corrected chi connectivity index (χ0v) is 31.3. The molecular weight excluding hydrogens is 800 g/mol. The van der Waals surface area contributed by atoms with Gasteiger partial charge in [-0.1, -0.05) is 43.0 Å². The Morgan fingerprint density at radius 3 is 2.32 bits per heavy atom. The Hall–Kier alpha value is -2.70. The molecule has 0 aliphatic rings. The summed E-state index contributed by atoms with van der Waals surface area (Å²) in [4.78, 5) is 9.04. The molecule has 2 nitrogen and oxygen atoms in total. The largest absolute Gasteiger partial charge is 0 e. The number of thiophene rings is 1. The number of hydrogen-bond donors (Lipinski definition) is 0. The SMILES string of the molecule is [2H]C(C)(C)c1ccnc(-c2[c-]ccc3c2sc2c(F)cccc23)c1.[2H]C([2H])([2H])c1c[c-]c(-c2cc(C([2H])(C)C)[c]([Ge]([CH3])([CH3])[CH3])cn2)cc1.[Ir]. The molecule has 0 saturated carbocycles. The zero-order chi connectivity index (χ0) is 35.2. The number of benzene rings is 3. The Morgan fingerprint density at radius 2 is 1.66 bits per heavy atom. The molecule has 3 heterocycles. The maximum atomic E-state index is 14.1. The van der Waals surface area contributed by atoms with Gasteiger partial charge in [0.05, 0.1) is 4.70 Å². The van der Waals surface area contributed by atoms with E-state index in [-0.39, 0.29) is 31.5 Å². The number of pyridine rings is 2. The Balaban J connectivity index is 0.000000216. The van der Waals surface area contributed by atoms with E-state index in [2.05, 4.69) is 39.4 Å². The van der Waals surface area contributed by atoms with Crippen molar-refractivity contribution < 1.29 is 31.3 Å². The predicted molar refractivity (Wildman–Crippen MR) is 186 cm³/mol. The monoisotopic (exact) mass is 846 g/mol. The molecular formula is C38H39FGeIrN2S-2. The van der Waals surface area contributed by atoms with Crippen LogP contribution in [0.2, 0.25) is 17.3 Å². The fraction of sp³-hybridized carbons (Fsp3) is 0.263. The topological polar surface area (TPSA) is 25.8 Å². The minimum absolute atomic E-state index is 0. The Kier molecular flexibility index (Phi) is 8.88. The summed E-state index contributed by atoms with van der Waals surface area (Å²) in [6, 6.07) is 25.9. The summed E-state index contributed by atoms with van der Waals surface area (Å²) in [5.41, 5.74) is 5.29. The van der Waals surface area contributed by atoms with E-state index in [1.54, 1.807) is 24.4 Å². The third-order valence-corrected chi connectivity index (χ3v) is 12.8. The second kappa shape index (κ2) is 14.2. The van der Waals surface area contributed by atoms with Crippen LogP contribution in [-0.2, 0) is 20.1 Å². The van der Waals surface area contributed by atoms with Gasteiger partial charge in [-0.2, -0.15) is 11.3 Å². The predicted octanol–water partition coefficient (Wildman–Crippen LogP) is 10.7. The van der Waals surface area contributed by atoms with E-state index in [1.807, 2.05) is 70.3 Å². The van der Waals surface area contributed by atoms with Crippen molar-refractivity contribution >= 4 is 49.2 Å². The van der Waals surface area contributed by atoms with Gasteiger partial charge in [-0.05, 0) is 33.8 Å². The van der Waals surface area contributed by atoms with Crippen molar-refractivity contribution in [2.24, 2.45) is 0 Å². The van der Waals surface area contributed by atoms with E-state index in [0.29, 0.717) is 4.70 Å². The normalized spacial score (nSPS) is 14.0. The Labute approximate surface area is 288 Å². The van der Waals surface area contributed by atoms with Gasteiger partial charge in [0.2, 0.25) is 0 Å².